The van der Waals surface area contributed by atoms with Crippen molar-refractivity contribution in [2.24, 2.45) is 17.8 Å². The van der Waals surface area contributed by atoms with Gasteiger partial charge in [0.2, 0.25) is 11.8 Å². The van der Waals surface area contributed by atoms with Gasteiger partial charge < -0.3 is 16.0 Å². The first-order valence-electron chi connectivity index (χ1n) is 8.76. The molecule has 1 aromatic rings. The highest BCUT2D eigenvalue weighted by Crippen LogP contribution is 2.42. The Labute approximate surface area is 146 Å². The third-order valence-electron chi connectivity index (χ3n) is 5.42. The fraction of sp³-hybridized carbons (Fsp3) is 0.421. The number of carbonyl (C=O) groups excluding carboxylic acids is 3. The molecule has 6 nitrogen and oxygen atoms in total. The second kappa shape index (κ2) is 6.35. The Hall–Kier alpha value is -2.63. The molecule has 0 unspecified atom stereocenters. The third-order valence-corrected chi connectivity index (χ3v) is 5.42. The van der Waals surface area contributed by atoms with Crippen molar-refractivity contribution >= 4 is 23.4 Å². The molecule has 2 bridgehead atoms. The molecular weight excluding hydrogens is 318 g/mol. The molecule has 6 heteroatoms. The number of para-hydroxylation sites is 1. The predicted octanol–water partition coefficient (Wildman–Crippen LogP) is 1.46. The average molecular weight is 339 g/mol. The van der Waals surface area contributed by atoms with Gasteiger partial charge in [-0.05, 0) is 42.7 Å². The summed E-state index contributed by atoms with van der Waals surface area (Å²) < 4.78 is 0. The quantitative estimate of drug-likeness (QED) is 0.726. The number of allylic oxidation sites excluding steroid dienone is 2. The lowest BCUT2D eigenvalue weighted by atomic mass is 9.93. The number of hydrogen-bond donors (Lipinski definition) is 3. The van der Waals surface area contributed by atoms with Crippen molar-refractivity contribution in [3.63, 3.8) is 0 Å². The Bertz CT molecular complexity index is 758. The number of anilines is 1. The van der Waals surface area contributed by atoms with Crippen molar-refractivity contribution in [2.75, 3.05) is 11.9 Å². The van der Waals surface area contributed by atoms with E-state index in [0.717, 1.165) is 6.42 Å². The van der Waals surface area contributed by atoms with E-state index in [1.807, 2.05) is 0 Å². The van der Waals surface area contributed by atoms with E-state index in [1.54, 1.807) is 24.3 Å². The number of carbonyl (C=O) groups is 3. The van der Waals surface area contributed by atoms with Crippen LogP contribution in [0.25, 0.3) is 0 Å². The summed E-state index contributed by atoms with van der Waals surface area (Å²) in [7, 11) is 0. The highest BCUT2D eigenvalue weighted by atomic mass is 16.2. The normalized spacial score (nSPS) is 29.6. The van der Waals surface area contributed by atoms with Crippen molar-refractivity contribution in [1.29, 1.82) is 0 Å². The first kappa shape index (κ1) is 15.9. The standard InChI is InChI=1S/C19H21N3O3/c23-17(20-10-13-8-11-5-6-12(13)7-11)9-16-19(25)21-15-4-2-1-3-14(15)18(24)22-16/h1-6,11-13,16H,7-10H2,(H,20,23)(H,21,25)(H,22,24)/t11-,12-,13-,16+/m0/s1. The van der Waals surface area contributed by atoms with Gasteiger partial charge in [-0.15, -0.1) is 0 Å². The zero-order valence-corrected chi connectivity index (χ0v) is 13.8. The molecule has 1 fully saturated rings. The maximum Gasteiger partial charge on any atom is 0.254 e. The fourth-order valence-electron chi connectivity index (χ4n) is 4.09. The highest BCUT2D eigenvalue weighted by molar-refractivity contribution is 6.10. The van der Waals surface area contributed by atoms with Crippen LogP contribution < -0.4 is 16.0 Å². The molecule has 3 aliphatic rings. The SMILES string of the molecule is O=C(C[C@H]1NC(=O)c2ccccc2NC1=O)NC[C@@H]1C[C@H]2C=C[C@H]1C2. The van der Waals surface area contributed by atoms with Gasteiger partial charge >= 0.3 is 0 Å². The smallest absolute Gasteiger partial charge is 0.254 e. The predicted molar refractivity (Wildman–Crippen MR) is 92.8 cm³/mol. The fourth-order valence-corrected chi connectivity index (χ4v) is 4.09. The van der Waals surface area contributed by atoms with Crippen LogP contribution in [0.2, 0.25) is 0 Å². The number of amides is 3. The molecule has 3 N–H and O–H groups in total. The van der Waals surface area contributed by atoms with Gasteiger partial charge in [-0.3, -0.25) is 14.4 Å². The molecule has 4 rings (SSSR count). The molecule has 1 aromatic carbocycles. The Morgan fingerprint density at radius 2 is 2.00 bits per heavy atom. The van der Waals surface area contributed by atoms with Crippen LogP contribution >= 0.6 is 0 Å². The number of hydrogen-bond acceptors (Lipinski definition) is 3. The summed E-state index contributed by atoms with van der Waals surface area (Å²) in [5, 5.41) is 8.29. The highest BCUT2D eigenvalue weighted by Gasteiger charge is 2.36. The van der Waals surface area contributed by atoms with Crippen molar-refractivity contribution in [1.82, 2.24) is 10.6 Å². The second-order valence-corrected chi connectivity index (χ2v) is 7.11. The Kier molecular flexibility index (Phi) is 4.03. The van der Waals surface area contributed by atoms with Gasteiger partial charge in [-0.25, -0.2) is 0 Å². The number of rotatable bonds is 4. The van der Waals surface area contributed by atoms with Crippen LogP contribution in [0.4, 0.5) is 5.69 Å². The first-order chi connectivity index (χ1) is 12.1. The van der Waals surface area contributed by atoms with E-state index in [2.05, 4.69) is 28.1 Å². The molecule has 2 aliphatic carbocycles. The van der Waals surface area contributed by atoms with Gasteiger partial charge in [0.05, 0.1) is 17.7 Å². The zero-order valence-electron chi connectivity index (χ0n) is 13.8. The molecule has 0 aromatic heterocycles. The third kappa shape index (κ3) is 3.16. The van der Waals surface area contributed by atoms with Crippen LogP contribution in [0, 0.1) is 17.8 Å². The molecule has 1 aliphatic heterocycles. The lowest BCUT2D eigenvalue weighted by Gasteiger charge is -2.19. The van der Waals surface area contributed by atoms with Gasteiger partial charge in [0.15, 0.2) is 0 Å². The summed E-state index contributed by atoms with van der Waals surface area (Å²) in [4.78, 5) is 36.8. The van der Waals surface area contributed by atoms with E-state index in [4.69, 9.17) is 0 Å². The van der Waals surface area contributed by atoms with Crippen LogP contribution in [-0.2, 0) is 9.59 Å². The Balaban J connectivity index is 1.34. The van der Waals surface area contributed by atoms with Gasteiger partial charge in [0.25, 0.3) is 5.91 Å². The molecule has 4 atom stereocenters. The van der Waals surface area contributed by atoms with E-state index in [-0.39, 0.29) is 24.1 Å². The van der Waals surface area contributed by atoms with Crippen LogP contribution in [0.3, 0.4) is 0 Å². The van der Waals surface area contributed by atoms with Crippen molar-refractivity contribution in [3.05, 3.63) is 42.0 Å². The molecule has 130 valence electrons. The summed E-state index contributed by atoms with van der Waals surface area (Å²) in [6.45, 7) is 0.632. The lowest BCUT2D eigenvalue weighted by molar-refractivity contribution is -0.125. The summed E-state index contributed by atoms with van der Waals surface area (Å²) in [5.41, 5.74) is 0.884. The number of benzene rings is 1. The topological polar surface area (TPSA) is 87.3 Å². The molecule has 1 heterocycles. The monoisotopic (exact) mass is 339 g/mol. The van der Waals surface area contributed by atoms with Gasteiger partial charge in [0.1, 0.15) is 6.04 Å². The zero-order chi connectivity index (χ0) is 17.4. The maximum atomic E-state index is 12.3. The van der Waals surface area contributed by atoms with Gasteiger partial charge in [0, 0.05) is 6.54 Å². The van der Waals surface area contributed by atoms with Crippen molar-refractivity contribution in [3.8, 4) is 0 Å². The summed E-state index contributed by atoms with van der Waals surface area (Å²) in [6, 6.07) is 5.96. The molecule has 0 radical (unpaired) electrons. The Morgan fingerprint density at radius 1 is 1.16 bits per heavy atom. The first-order valence-corrected chi connectivity index (χ1v) is 8.76. The maximum absolute atomic E-state index is 12.3. The van der Waals surface area contributed by atoms with Gasteiger partial charge in [-0.1, -0.05) is 24.3 Å². The largest absolute Gasteiger partial charge is 0.356 e. The molecule has 0 spiro atoms. The Morgan fingerprint density at radius 3 is 2.76 bits per heavy atom. The molecule has 1 saturated carbocycles. The second-order valence-electron chi connectivity index (χ2n) is 7.11. The molecule has 25 heavy (non-hydrogen) atoms. The minimum Gasteiger partial charge on any atom is -0.356 e. The summed E-state index contributed by atoms with van der Waals surface area (Å²) >= 11 is 0. The minimum absolute atomic E-state index is 0.0534. The summed E-state index contributed by atoms with van der Waals surface area (Å²) in [6.07, 6.45) is 6.78. The number of fused-ring (bicyclic) bond motifs is 3. The van der Waals surface area contributed by atoms with E-state index < -0.39 is 6.04 Å². The van der Waals surface area contributed by atoms with Crippen molar-refractivity contribution in [2.45, 2.75) is 25.3 Å². The average Bonchev–Trinajstić information content (AvgIpc) is 3.20. The van der Waals surface area contributed by atoms with Crippen LogP contribution in [0.1, 0.15) is 29.6 Å². The number of nitrogens with one attached hydrogen (secondary N) is 3. The van der Waals surface area contributed by atoms with E-state index >= 15 is 0 Å². The van der Waals surface area contributed by atoms with Crippen molar-refractivity contribution < 1.29 is 14.4 Å². The van der Waals surface area contributed by atoms with E-state index in [1.165, 1.54) is 6.42 Å². The minimum atomic E-state index is -0.861. The molecular formula is C19H21N3O3. The van der Waals surface area contributed by atoms with Crippen LogP contribution in [0.5, 0.6) is 0 Å². The molecule has 3 amide bonds. The van der Waals surface area contributed by atoms with E-state index in [9.17, 15) is 14.4 Å². The van der Waals surface area contributed by atoms with E-state index in [0.29, 0.717) is 35.5 Å². The van der Waals surface area contributed by atoms with Crippen LogP contribution in [0.15, 0.2) is 36.4 Å². The van der Waals surface area contributed by atoms with Crippen LogP contribution in [-0.4, -0.2) is 30.3 Å². The molecule has 0 saturated heterocycles. The lowest BCUT2D eigenvalue weighted by Crippen LogP contribution is -2.45. The summed E-state index contributed by atoms with van der Waals surface area (Å²) in [5.74, 6) is 0.804. The van der Waals surface area contributed by atoms with Gasteiger partial charge in [-0.2, -0.15) is 0 Å².